The molecule has 1 atom stereocenters. The van der Waals surface area contributed by atoms with Gasteiger partial charge in [0.25, 0.3) is 0 Å². The third-order valence-corrected chi connectivity index (χ3v) is 5.60. The summed E-state index contributed by atoms with van der Waals surface area (Å²) in [4.78, 5) is 0. The van der Waals surface area contributed by atoms with E-state index in [0.29, 0.717) is 46.6 Å². The maximum Gasteiger partial charge on any atom is 0.244 e. The molecule has 0 fully saturated rings. The van der Waals surface area contributed by atoms with Crippen LogP contribution < -0.4 is 29.4 Å². The molecule has 9 nitrogen and oxygen atoms in total. The van der Waals surface area contributed by atoms with Crippen molar-refractivity contribution in [3.05, 3.63) is 59.0 Å². The number of nitrogens with zero attached hydrogens (tertiary/aromatic N) is 2. The summed E-state index contributed by atoms with van der Waals surface area (Å²) in [6, 6.07) is 13.3. The number of aromatic nitrogens is 2. The molecule has 0 unspecified atom stereocenters. The number of fused-ring (bicyclic) bond motifs is 1. The van der Waals surface area contributed by atoms with E-state index in [0.717, 1.165) is 17.7 Å². The van der Waals surface area contributed by atoms with Crippen LogP contribution in [0.1, 0.15) is 30.4 Å². The first-order valence-electron chi connectivity index (χ1n) is 10.7. The summed E-state index contributed by atoms with van der Waals surface area (Å²) in [5.41, 5.74) is 9.24. The van der Waals surface area contributed by atoms with Gasteiger partial charge in [0.05, 0.1) is 45.1 Å². The van der Waals surface area contributed by atoms with E-state index >= 15 is 0 Å². The van der Waals surface area contributed by atoms with Gasteiger partial charge >= 0.3 is 0 Å². The fourth-order valence-electron chi connectivity index (χ4n) is 3.99. The average molecular weight is 463 g/mol. The topological polar surface area (TPSA) is 125 Å². The number of H-pyrrole nitrogens is 1. The number of aromatic amines is 1. The van der Waals surface area contributed by atoms with Crippen molar-refractivity contribution in [2.24, 2.45) is 5.73 Å². The Labute approximate surface area is 197 Å². The zero-order valence-electron chi connectivity index (χ0n) is 19.5. The third kappa shape index (κ3) is 3.94. The second-order valence-electron chi connectivity index (χ2n) is 7.56. The summed E-state index contributed by atoms with van der Waals surface area (Å²) >= 11 is 0. The number of hydrogen-bond acceptors (Lipinski definition) is 8. The molecule has 3 aromatic rings. The van der Waals surface area contributed by atoms with Gasteiger partial charge in [-0.1, -0.05) is 6.92 Å². The molecular formula is C25H26N4O5. The molecular weight excluding hydrogens is 436 g/mol. The molecule has 2 heterocycles. The number of allylic oxidation sites excluding steroid dienone is 1. The number of methoxy groups -OCH3 is 3. The van der Waals surface area contributed by atoms with Crippen molar-refractivity contribution in [1.82, 2.24) is 10.2 Å². The lowest BCUT2D eigenvalue weighted by atomic mass is 9.82. The van der Waals surface area contributed by atoms with Gasteiger partial charge in [0, 0.05) is 17.2 Å². The smallest absolute Gasteiger partial charge is 0.244 e. The summed E-state index contributed by atoms with van der Waals surface area (Å²) in [7, 11) is 4.64. The summed E-state index contributed by atoms with van der Waals surface area (Å²) in [5.74, 6) is 1.93. The molecule has 176 valence electrons. The van der Waals surface area contributed by atoms with Crippen LogP contribution in [0.2, 0.25) is 0 Å². The maximum absolute atomic E-state index is 10.0. The minimum absolute atomic E-state index is 0.0156. The van der Waals surface area contributed by atoms with Crippen molar-refractivity contribution >= 4 is 0 Å². The molecule has 1 aliphatic rings. The largest absolute Gasteiger partial charge is 0.496 e. The first kappa shape index (κ1) is 22.9. The molecule has 4 rings (SSSR count). The van der Waals surface area contributed by atoms with Crippen molar-refractivity contribution in [2.75, 3.05) is 27.9 Å². The molecule has 0 aliphatic carbocycles. The molecule has 1 aliphatic heterocycles. The van der Waals surface area contributed by atoms with E-state index < -0.39 is 5.92 Å². The molecule has 0 saturated heterocycles. The lowest BCUT2D eigenvalue weighted by Crippen LogP contribution is -2.21. The fourth-order valence-corrected chi connectivity index (χ4v) is 3.99. The van der Waals surface area contributed by atoms with Gasteiger partial charge in [-0.2, -0.15) is 5.26 Å². The van der Waals surface area contributed by atoms with Gasteiger partial charge in [0.15, 0.2) is 11.5 Å². The monoisotopic (exact) mass is 462 g/mol. The predicted octanol–water partition coefficient (Wildman–Crippen LogP) is 4.11. The van der Waals surface area contributed by atoms with Gasteiger partial charge in [-0.15, -0.1) is 5.10 Å². The zero-order chi connectivity index (χ0) is 24.2. The van der Waals surface area contributed by atoms with Gasteiger partial charge in [0.1, 0.15) is 23.1 Å². The molecule has 0 spiro atoms. The van der Waals surface area contributed by atoms with E-state index in [9.17, 15) is 5.26 Å². The van der Waals surface area contributed by atoms with Gasteiger partial charge in [-0.25, -0.2) is 0 Å². The van der Waals surface area contributed by atoms with Gasteiger partial charge in [-0.05, 0) is 36.8 Å². The van der Waals surface area contributed by atoms with Crippen molar-refractivity contribution in [3.8, 4) is 46.2 Å². The Hall–Kier alpha value is -4.32. The minimum atomic E-state index is -0.617. The Bertz CT molecular complexity index is 1260. The summed E-state index contributed by atoms with van der Waals surface area (Å²) < 4.78 is 28.0. The minimum Gasteiger partial charge on any atom is -0.496 e. The van der Waals surface area contributed by atoms with Gasteiger partial charge in [-0.3, -0.25) is 5.10 Å². The standard InChI is InChI=1S/C25H26N4O5/c1-5-10-33-15-8-6-14(7-9-15)23-22-21(17(13-26)24(27)34-25(22)29-28-23)16-11-19(31-3)20(32-4)12-18(16)30-2/h6-9,11-12,21H,5,10,27H2,1-4H3,(H,28,29)/t21-/m0/s1. The van der Waals surface area contributed by atoms with Crippen LogP contribution in [0.4, 0.5) is 0 Å². The van der Waals surface area contributed by atoms with Crippen LogP contribution in [-0.4, -0.2) is 38.1 Å². The number of benzene rings is 2. The number of nitriles is 1. The first-order chi connectivity index (χ1) is 16.6. The number of nitrogens with one attached hydrogen (secondary N) is 1. The highest BCUT2D eigenvalue weighted by molar-refractivity contribution is 5.72. The van der Waals surface area contributed by atoms with Crippen LogP contribution in [-0.2, 0) is 0 Å². The molecule has 0 bridgehead atoms. The van der Waals surface area contributed by atoms with E-state index in [1.807, 2.05) is 24.3 Å². The Balaban J connectivity index is 1.89. The number of rotatable bonds is 8. The molecule has 0 saturated carbocycles. The molecule has 1 aromatic heterocycles. The number of hydrogen-bond donors (Lipinski definition) is 2. The Kier molecular flexibility index (Phi) is 6.50. The Morgan fingerprint density at radius 1 is 1.06 bits per heavy atom. The SMILES string of the molecule is CCCOc1ccc(-c2[nH]nc3c2[C@@H](c2cc(OC)c(OC)cc2OC)C(C#N)=C(N)O3)cc1. The summed E-state index contributed by atoms with van der Waals surface area (Å²) in [5, 5.41) is 17.4. The highest BCUT2D eigenvalue weighted by Gasteiger charge is 2.37. The van der Waals surface area contributed by atoms with E-state index in [1.54, 1.807) is 33.5 Å². The Morgan fingerprint density at radius 3 is 2.35 bits per heavy atom. The lowest BCUT2D eigenvalue weighted by Gasteiger charge is -2.26. The second-order valence-corrected chi connectivity index (χ2v) is 7.56. The van der Waals surface area contributed by atoms with Crippen molar-refractivity contribution in [2.45, 2.75) is 19.3 Å². The van der Waals surface area contributed by atoms with Gasteiger partial charge in [0.2, 0.25) is 11.8 Å². The normalized spacial score (nSPS) is 14.6. The maximum atomic E-state index is 10.0. The lowest BCUT2D eigenvalue weighted by molar-refractivity contribution is 0.317. The van der Waals surface area contributed by atoms with Crippen molar-refractivity contribution in [1.29, 1.82) is 5.26 Å². The van der Waals surface area contributed by atoms with Crippen molar-refractivity contribution < 1.29 is 23.7 Å². The highest BCUT2D eigenvalue weighted by Crippen LogP contribution is 2.50. The predicted molar refractivity (Wildman–Crippen MR) is 125 cm³/mol. The van der Waals surface area contributed by atoms with Crippen LogP contribution in [0.3, 0.4) is 0 Å². The van der Waals surface area contributed by atoms with Gasteiger partial charge < -0.3 is 29.4 Å². The van der Waals surface area contributed by atoms with Crippen LogP contribution in [0.25, 0.3) is 11.3 Å². The molecule has 0 radical (unpaired) electrons. The van der Waals surface area contributed by atoms with E-state index in [4.69, 9.17) is 29.4 Å². The molecule has 2 aromatic carbocycles. The number of ether oxygens (including phenoxy) is 5. The van der Waals surface area contributed by atoms with Crippen LogP contribution in [0, 0.1) is 11.3 Å². The van der Waals surface area contributed by atoms with Crippen LogP contribution in [0.5, 0.6) is 28.9 Å². The first-order valence-corrected chi connectivity index (χ1v) is 10.7. The van der Waals surface area contributed by atoms with Crippen LogP contribution >= 0.6 is 0 Å². The highest BCUT2D eigenvalue weighted by atomic mass is 16.5. The molecule has 0 amide bonds. The van der Waals surface area contributed by atoms with Crippen molar-refractivity contribution in [3.63, 3.8) is 0 Å². The summed E-state index contributed by atoms with van der Waals surface area (Å²) in [6.07, 6.45) is 0.923. The third-order valence-electron chi connectivity index (χ3n) is 5.60. The Morgan fingerprint density at radius 2 is 1.74 bits per heavy atom. The van der Waals surface area contributed by atoms with E-state index in [1.165, 1.54) is 0 Å². The summed E-state index contributed by atoms with van der Waals surface area (Å²) in [6.45, 7) is 2.70. The van der Waals surface area contributed by atoms with Crippen LogP contribution in [0.15, 0.2) is 47.9 Å². The zero-order valence-corrected chi connectivity index (χ0v) is 19.5. The average Bonchev–Trinajstić information content (AvgIpc) is 3.29. The second kappa shape index (κ2) is 9.67. The number of nitrogens with two attached hydrogens (primary N) is 1. The quantitative estimate of drug-likeness (QED) is 0.512. The fraction of sp³-hybridized carbons (Fsp3) is 0.280. The van der Waals surface area contributed by atoms with E-state index in [2.05, 4.69) is 23.2 Å². The molecule has 3 N–H and O–H groups in total. The van der Waals surface area contributed by atoms with E-state index in [-0.39, 0.29) is 11.5 Å². The molecule has 34 heavy (non-hydrogen) atoms. The molecule has 9 heteroatoms.